The van der Waals surface area contributed by atoms with Crippen LogP contribution in [0.15, 0.2) is 36.4 Å². The SMILES string of the molecule is Fc1cccc(C2CC2)c1.O=C(O)CCCO.c1cc2c(nc1CCCN1CCCCC1)NCCC2. The highest BCUT2D eigenvalue weighted by Crippen LogP contribution is 2.39. The molecular formula is C29H42FN3O3. The number of aliphatic hydroxyl groups excluding tert-OH is 1. The minimum atomic E-state index is -0.853. The number of nitrogens with one attached hydrogen (secondary N) is 1. The monoisotopic (exact) mass is 499 g/mol. The summed E-state index contributed by atoms with van der Waals surface area (Å²) < 4.78 is 12.6. The van der Waals surface area contributed by atoms with E-state index in [0.717, 1.165) is 18.8 Å². The van der Waals surface area contributed by atoms with E-state index in [9.17, 15) is 9.18 Å². The van der Waals surface area contributed by atoms with Crippen LogP contribution in [0, 0.1) is 5.82 Å². The maximum Gasteiger partial charge on any atom is 0.303 e. The highest BCUT2D eigenvalue weighted by Gasteiger charge is 2.23. The summed E-state index contributed by atoms with van der Waals surface area (Å²) in [5.74, 6) is 0.843. The van der Waals surface area contributed by atoms with E-state index in [-0.39, 0.29) is 18.8 Å². The van der Waals surface area contributed by atoms with Crippen molar-refractivity contribution in [1.82, 2.24) is 9.88 Å². The number of pyridine rings is 1. The van der Waals surface area contributed by atoms with Crippen molar-refractivity contribution in [3.8, 4) is 0 Å². The van der Waals surface area contributed by atoms with E-state index in [1.807, 2.05) is 6.07 Å². The molecule has 2 aromatic rings. The third-order valence-corrected chi connectivity index (χ3v) is 6.75. The summed E-state index contributed by atoms with van der Waals surface area (Å²) in [5.41, 5.74) is 3.82. The van der Waals surface area contributed by atoms with Crippen LogP contribution in [0.4, 0.5) is 10.2 Å². The molecule has 6 nitrogen and oxygen atoms in total. The van der Waals surface area contributed by atoms with Crippen molar-refractivity contribution in [1.29, 1.82) is 0 Å². The quantitative estimate of drug-likeness (QED) is 0.451. The number of likely N-dealkylation sites (tertiary alicyclic amines) is 1. The van der Waals surface area contributed by atoms with Gasteiger partial charge >= 0.3 is 5.97 Å². The third kappa shape index (κ3) is 10.6. The molecule has 36 heavy (non-hydrogen) atoms. The van der Waals surface area contributed by atoms with E-state index in [2.05, 4.69) is 22.3 Å². The summed E-state index contributed by atoms with van der Waals surface area (Å²) in [6, 6.07) is 11.4. The molecule has 7 heteroatoms. The number of carboxylic acids is 1. The number of hydrogen-bond donors (Lipinski definition) is 3. The largest absolute Gasteiger partial charge is 0.481 e. The number of nitrogens with zero attached hydrogens (tertiary/aromatic N) is 2. The maximum atomic E-state index is 12.6. The molecule has 1 aliphatic carbocycles. The van der Waals surface area contributed by atoms with Crippen LogP contribution in [0.3, 0.4) is 0 Å². The Hall–Kier alpha value is -2.51. The zero-order chi connectivity index (χ0) is 25.6. The fourth-order valence-electron chi connectivity index (χ4n) is 4.58. The molecule has 5 rings (SSSR count). The van der Waals surface area contributed by atoms with Crippen LogP contribution in [0.1, 0.15) is 80.5 Å². The van der Waals surface area contributed by atoms with Crippen LogP contribution in [0.25, 0.3) is 0 Å². The summed E-state index contributed by atoms with van der Waals surface area (Å²) in [6.45, 7) is 4.90. The highest BCUT2D eigenvalue weighted by atomic mass is 19.1. The molecule has 3 heterocycles. The molecule has 1 saturated heterocycles. The fourth-order valence-corrected chi connectivity index (χ4v) is 4.58. The first-order chi connectivity index (χ1) is 17.5. The van der Waals surface area contributed by atoms with Crippen molar-refractivity contribution < 1.29 is 19.4 Å². The first kappa shape index (κ1) is 28.1. The van der Waals surface area contributed by atoms with Gasteiger partial charge in [0.05, 0.1) is 0 Å². The molecule has 0 amide bonds. The van der Waals surface area contributed by atoms with Gasteiger partial charge in [-0.3, -0.25) is 4.79 Å². The Labute approximate surface area is 214 Å². The van der Waals surface area contributed by atoms with Gasteiger partial charge in [0.15, 0.2) is 0 Å². The smallest absolute Gasteiger partial charge is 0.303 e. The van der Waals surface area contributed by atoms with Crippen molar-refractivity contribution >= 4 is 11.8 Å². The molecule has 1 aromatic heterocycles. The second kappa shape index (κ2) is 15.6. The third-order valence-electron chi connectivity index (χ3n) is 6.75. The van der Waals surface area contributed by atoms with Gasteiger partial charge in [0.25, 0.3) is 0 Å². The summed E-state index contributed by atoms with van der Waals surface area (Å²) >= 11 is 0. The number of rotatable bonds is 8. The molecule has 198 valence electrons. The molecule has 0 spiro atoms. The van der Waals surface area contributed by atoms with Crippen molar-refractivity contribution in [3.63, 3.8) is 0 Å². The summed E-state index contributed by atoms with van der Waals surface area (Å²) in [6.07, 6.45) is 11.9. The number of aliphatic carboxylic acids is 1. The number of carbonyl (C=O) groups is 1. The van der Waals surface area contributed by atoms with Gasteiger partial charge in [-0.15, -0.1) is 0 Å². The number of aliphatic hydroxyl groups is 1. The molecule has 3 N–H and O–H groups in total. The number of fused-ring (bicyclic) bond motifs is 1. The second-order valence-corrected chi connectivity index (χ2v) is 9.90. The normalized spacial score (nSPS) is 16.9. The number of aromatic nitrogens is 1. The highest BCUT2D eigenvalue weighted by molar-refractivity contribution is 5.66. The van der Waals surface area contributed by atoms with Crippen LogP contribution in [0.2, 0.25) is 0 Å². The van der Waals surface area contributed by atoms with E-state index < -0.39 is 5.97 Å². The lowest BCUT2D eigenvalue weighted by Crippen LogP contribution is -2.30. The van der Waals surface area contributed by atoms with Gasteiger partial charge in [-0.2, -0.15) is 0 Å². The van der Waals surface area contributed by atoms with Gasteiger partial charge in [-0.05, 0) is 113 Å². The van der Waals surface area contributed by atoms with Crippen molar-refractivity contribution in [2.45, 2.75) is 76.5 Å². The topological polar surface area (TPSA) is 85.7 Å². The Morgan fingerprint density at radius 1 is 1.08 bits per heavy atom. The van der Waals surface area contributed by atoms with Crippen molar-refractivity contribution in [3.05, 3.63) is 59.0 Å². The molecule has 1 saturated carbocycles. The number of halogens is 1. The minimum Gasteiger partial charge on any atom is -0.481 e. The Morgan fingerprint density at radius 2 is 1.89 bits per heavy atom. The van der Waals surface area contributed by atoms with E-state index in [1.165, 1.54) is 93.9 Å². The lowest BCUT2D eigenvalue weighted by Gasteiger charge is -2.26. The van der Waals surface area contributed by atoms with Gasteiger partial charge in [0.2, 0.25) is 0 Å². The van der Waals surface area contributed by atoms with Crippen LogP contribution < -0.4 is 5.32 Å². The van der Waals surface area contributed by atoms with Gasteiger partial charge in [0.1, 0.15) is 11.6 Å². The molecule has 0 unspecified atom stereocenters. The number of aryl methyl sites for hydroxylation is 2. The molecule has 0 bridgehead atoms. The first-order valence-corrected chi connectivity index (χ1v) is 13.6. The molecule has 0 atom stereocenters. The predicted molar refractivity (Wildman–Crippen MR) is 142 cm³/mol. The van der Waals surface area contributed by atoms with Crippen molar-refractivity contribution in [2.24, 2.45) is 0 Å². The average Bonchev–Trinajstić information content (AvgIpc) is 3.75. The maximum absolute atomic E-state index is 12.6. The van der Waals surface area contributed by atoms with Crippen molar-refractivity contribution in [2.75, 3.05) is 38.1 Å². The van der Waals surface area contributed by atoms with E-state index >= 15 is 0 Å². The Balaban J connectivity index is 0.000000177. The zero-order valence-electron chi connectivity index (χ0n) is 21.4. The zero-order valence-corrected chi connectivity index (χ0v) is 21.4. The lowest BCUT2D eigenvalue weighted by molar-refractivity contribution is -0.137. The van der Waals surface area contributed by atoms with Crippen LogP contribution >= 0.6 is 0 Å². The van der Waals surface area contributed by atoms with Gasteiger partial charge in [-0.1, -0.05) is 24.6 Å². The standard InChI is InChI=1S/C16H25N3.C9H9F.C4H8O3/c1-2-11-19(12-3-1)13-5-7-15-9-8-14-6-4-10-17-16(14)18-15;10-9-3-1-2-8(6-9)7-4-5-7;5-3-1-2-4(6)7/h8-9H,1-7,10-13H2,(H,17,18);1-3,6-7H,4-5H2;5H,1-3H2,(H,6,7). The predicted octanol–water partition coefficient (Wildman–Crippen LogP) is 5.40. The number of carboxylic acid groups (broad SMARTS) is 1. The van der Waals surface area contributed by atoms with Gasteiger partial charge in [-0.25, -0.2) is 9.37 Å². The second-order valence-electron chi connectivity index (χ2n) is 9.90. The number of hydrogen-bond acceptors (Lipinski definition) is 5. The average molecular weight is 500 g/mol. The molecule has 2 aliphatic heterocycles. The Kier molecular flexibility index (Phi) is 12.1. The minimum absolute atomic E-state index is 0.0354. The lowest BCUT2D eigenvalue weighted by atomic mass is 10.1. The molecule has 3 aliphatic rings. The molecular weight excluding hydrogens is 457 g/mol. The first-order valence-electron chi connectivity index (χ1n) is 13.6. The fraction of sp³-hybridized carbons (Fsp3) is 0.586. The van der Waals surface area contributed by atoms with E-state index in [1.54, 1.807) is 12.1 Å². The van der Waals surface area contributed by atoms with Crippen LogP contribution in [0.5, 0.6) is 0 Å². The summed E-state index contributed by atoms with van der Waals surface area (Å²) in [7, 11) is 0. The number of piperidine rings is 1. The molecule has 1 aromatic carbocycles. The molecule has 2 fully saturated rings. The van der Waals surface area contributed by atoms with Crippen LogP contribution in [-0.4, -0.2) is 58.9 Å². The van der Waals surface area contributed by atoms with Crippen LogP contribution in [-0.2, 0) is 17.6 Å². The van der Waals surface area contributed by atoms with E-state index in [4.69, 9.17) is 15.2 Å². The summed E-state index contributed by atoms with van der Waals surface area (Å²) in [4.78, 5) is 17.0. The summed E-state index contributed by atoms with van der Waals surface area (Å²) in [5, 5.41) is 19.4. The Bertz CT molecular complexity index is 930. The molecule has 0 radical (unpaired) electrons. The van der Waals surface area contributed by atoms with Gasteiger partial charge < -0.3 is 20.4 Å². The number of anilines is 1. The number of benzene rings is 1. The van der Waals surface area contributed by atoms with E-state index in [0.29, 0.717) is 12.3 Å². The Morgan fingerprint density at radius 3 is 2.56 bits per heavy atom. The van der Waals surface area contributed by atoms with Gasteiger partial charge in [0, 0.05) is 25.3 Å².